The molecule has 0 radical (unpaired) electrons. The smallest absolute Gasteiger partial charge is 0.186 e. The van der Waals surface area contributed by atoms with Crippen molar-refractivity contribution in [3.8, 4) is 0 Å². The van der Waals surface area contributed by atoms with Crippen molar-refractivity contribution in [1.82, 2.24) is 10.3 Å². The first-order valence-corrected chi connectivity index (χ1v) is 7.52. The quantitative estimate of drug-likeness (QED) is 0.885. The van der Waals surface area contributed by atoms with Crippen LogP contribution >= 0.6 is 11.3 Å². The van der Waals surface area contributed by atoms with E-state index in [0.29, 0.717) is 6.61 Å². The van der Waals surface area contributed by atoms with Gasteiger partial charge in [0.05, 0.1) is 12.3 Å². The van der Waals surface area contributed by atoms with Gasteiger partial charge in [0.25, 0.3) is 0 Å². The Morgan fingerprint density at radius 1 is 1.50 bits per heavy atom. The van der Waals surface area contributed by atoms with E-state index >= 15 is 0 Å². The maximum Gasteiger partial charge on any atom is 0.186 e. The fourth-order valence-corrected chi connectivity index (χ4v) is 4.36. The number of nitrogens with one attached hydrogen (secondary N) is 1. The van der Waals surface area contributed by atoms with Crippen LogP contribution < -0.4 is 10.2 Å². The van der Waals surface area contributed by atoms with Crippen molar-refractivity contribution >= 4 is 16.5 Å². The molecule has 100 valence electrons. The van der Waals surface area contributed by atoms with E-state index in [9.17, 15) is 0 Å². The Bertz CT molecular complexity index is 397. The number of nitrogens with zero attached hydrogens (tertiary/aromatic N) is 2. The van der Waals surface area contributed by atoms with Gasteiger partial charge in [0.2, 0.25) is 0 Å². The molecule has 18 heavy (non-hydrogen) atoms. The molecule has 2 atom stereocenters. The minimum Gasteiger partial charge on any atom is -0.378 e. The van der Waals surface area contributed by atoms with Gasteiger partial charge in [-0.3, -0.25) is 0 Å². The largest absolute Gasteiger partial charge is 0.378 e. The molecule has 0 aromatic carbocycles. The third-order valence-electron chi connectivity index (χ3n) is 4.04. The monoisotopic (exact) mass is 267 g/mol. The van der Waals surface area contributed by atoms with E-state index in [0.717, 1.165) is 24.2 Å². The Morgan fingerprint density at radius 3 is 3.00 bits per heavy atom. The van der Waals surface area contributed by atoms with Crippen LogP contribution in [0.5, 0.6) is 0 Å². The molecule has 2 aliphatic rings. The number of methoxy groups -OCH3 is 1. The molecule has 2 unspecified atom stereocenters. The van der Waals surface area contributed by atoms with Crippen molar-refractivity contribution in [2.24, 2.45) is 5.92 Å². The number of hydrogen-bond donors (Lipinski definition) is 1. The van der Waals surface area contributed by atoms with Gasteiger partial charge in [-0.05, 0) is 32.2 Å². The average Bonchev–Trinajstić information content (AvgIpc) is 3.05. The summed E-state index contributed by atoms with van der Waals surface area (Å²) in [6.07, 6.45) is 4.15. The second-order valence-corrected chi connectivity index (χ2v) is 6.38. The molecule has 2 fully saturated rings. The number of anilines is 1. The average molecular weight is 267 g/mol. The summed E-state index contributed by atoms with van der Waals surface area (Å²) in [4.78, 5) is 8.64. The SMILES string of the molecule is CNCc1sc(N2CC3CCC2C3)nc1COC. The van der Waals surface area contributed by atoms with Gasteiger partial charge >= 0.3 is 0 Å². The van der Waals surface area contributed by atoms with Crippen molar-refractivity contribution in [2.45, 2.75) is 38.5 Å². The van der Waals surface area contributed by atoms with Crippen LogP contribution in [0.3, 0.4) is 0 Å². The Morgan fingerprint density at radius 2 is 2.39 bits per heavy atom. The first-order valence-electron chi connectivity index (χ1n) is 6.70. The molecular formula is C13H21N3OS. The highest BCUT2D eigenvalue weighted by Gasteiger charge is 2.39. The molecule has 3 rings (SSSR count). The molecular weight excluding hydrogens is 246 g/mol. The van der Waals surface area contributed by atoms with Crippen molar-refractivity contribution in [3.05, 3.63) is 10.6 Å². The summed E-state index contributed by atoms with van der Waals surface area (Å²) in [5, 5.41) is 4.42. The Kier molecular flexibility index (Phi) is 3.54. The van der Waals surface area contributed by atoms with Gasteiger partial charge < -0.3 is 15.0 Å². The molecule has 1 aromatic rings. The van der Waals surface area contributed by atoms with Crippen molar-refractivity contribution in [3.63, 3.8) is 0 Å². The topological polar surface area (TPSA) is 37.4 Å². The normalized spacial score (nSPS) is 26.2. The lowest BCUT2D eigenvalue weighted by atomic mass is 10.1. The van der Waals surface area contributed by atoms with E-state index in [1.807, 2.05) is 18.4 Å². The van der Waals surface area contributed by atoms with E-state index in [1.165, 1.54) is 35.8 Å². The van der Waals surface area contributed by atoms with Gasteiger partial charge in [0, 0.05) is 31.1 Å². The standard InChI is InChI=1S/C13H21N3OS/c1-14-6-12-11(8-17-2)15-13(18-12)16-7-9-3-4-10(16)5-9/h9-10,14H,3-8H2,1-2H3. The molecule has 4 nitrogen and oxygen atoms in total. The van der Waals surface area contributed by atoms with Crippen molar-refractivity contribution < 1.29 is 4.74 Å². The van der Waals surface area contributed by atoms with E-state index in [4.69, 9.17) is 9.72 Å². The molecule has 2 bridgehead atoms. The molecule has 1 N–H and O–H groups in total. The molecule has 0 spiro atoms. The summed E-state index contributed by atoms with van der Waals surface area (Å²) in [7, 11) is 3.72. The maximum absolute atomic E-state index is 5.25. The minimum absolute atomic E-state index is 0.620. The van der Waals surface area contributed by atoms with Crippen LogP contribution in [0, 0.1) is 5.92 Å². The van der Waals surface area contributed by atoms with Crippen LogP contribution in [0.4, 0.5) is 5.13 Å². The zero-order valence-corrected chi connectivity index (χ0v) is 11.9. The number of fused-ring (bicyclic) bond motifs is 2. The fraction of sp³-hybridized carbons (Fsp3) is 0.769. The lowest BCUT2D eigenvalue weighted by Gasteiger charge is -2.26. The highest BCUT2D eigenvalue weighted by Crippen LogP contribution is 2.42. The van der Waals surface area contributed by atoms with Gasteiger partial charge in [-0.15, -0.1) is 11.3 Å². The Balaban J connectivity index is 1.81. The third kappa shape index (κ3) is 2.15. The number of thiazole rings is 1. The molecule has 5 heteroatoms. The van der Waals surface area contributed by atoms with E-state index in [-0.39, 0.29) is 0 Å². The molecule has 2 heterocycles. The number of ether oxygens (including phenoxy) is 1. The van der Waals surface area contributed by atoms with Gasteiger partial charge in [-0.25, -0.2) is 4.98 Å². The van der Waals surface area contributed by atoms with E-state index in [1.54, 1.807) is 7.11 Å². The summed E-state index contributed by atoms with van der Waals surface area (Å²) >= 11 is 1.83. The fourth-order valence-electron chi connectivity index (χ4n) is 3.20. The lowest BCUT2D eigenvalue weighted by molar-refractivity contribution is 0.181. The summed E-state index contributed by atoms with van der Waals surface area (Å²) in [5.74, 6) is 0.914. The maximum atomic E-state index is 5.25. The second kappa shape index (κ2) is 5.15. The van der Waals surface area contributed by atoms with Crippen LogP contribution in [-0.2, 0) is 17.9 Å². The van der Waals surface area contributed by atoms with Crippen LogP contribution in [0.2, 0.25) is 0 Å². The second-order valence-electron chi connectivity index (χ2n) is 5.31. The lowest BCUT2D eigenvalue weighted by Crippen LogP contribution is -2.31. The predicted molar refractivity (Wildman–Crippen MR) is 74.1 cm³/mol. The molecule has 1 saturated carbocycles. The highest BCUT2D eigenvalue weighted by atomic mass is 32.1. The molecule has 1 aliphatic carbocycles. The Labute approximate surface area is 112 Å². The van der Waals surface area contributed by atoms with E-state index < -0.39 is 0 Å². The first kappa shape index (κ1) is 12.4. The zero-order valence-electron chi connectivity index (χ0n) is 11.1. The number of hydrogen-bond acceptors (Lipinski definition) is 5. The minimum atomic E-state index is 0.620. The highest BCUT2D eigenvalue weighted by molar-refractivity contribution is 7.15. The molecule has 1 aromatic heterocycles. The van der Waals surface area contributed by atoms with Crippen LogP contribution in [0.1, 0.15) is 29.8 Å². The van der Waals surface area contributed by atoms with Crippen LogP contribution in [-0.4, -0.2) is 31.7 Å². The van der Waals surface area contributed by atoms with Gasteiger partial charge in [0.15, 0.2) is 5.13 Å². The molecule has 1 saturated heterocycles. The van der Waals surface area contributed by atoms with Gasteiger partial charge in [-0.2, -0.15) is 0 Å². The van der Waals surface area contributed by atoms with E-state index in [2.05, 4.69) is 10.2 Å². The predicted octanol–water partition coefficient (Wildman–Crippen LogP) is 2.00. The van der Waals surface area contributed by atoms with Crippen LogP contribution in [0.25, 0.3) is 0 Å². The zero-order chi connectivity index (χ0) is 12.5. The number of piperidine rings is 1. The van der Waals surface area contributed by atoms with Crippen molar-refractivity contribution in [1.29, 1.82) is 0 Å². The number of aromatic nitrogens is 1. The van der Waals surface area contributed by atoms with Crippen LogP contribution in [0.15, 0.2) is 0 Å². The number of rotatable bonds is 5. The third-order valence-corrected chi connectivity index (χ3v) is 5.17. The first-order chi connectivity index (χ1) is 8.81. The van der Waals surface area contributed by atoms with Gasteiger partial charge in [-0.1, -0.05) is 0 Å². The summed E-state index contributed by atoms with van der Waals surface area (Å²) < 4.78 is 5.25. The van der Waals surface area contributed by atoms with Gasteiger partial charge in [0.1, 0.15) is 0 Å². The Hall–Kier alpha value is -0.650. The van der Waals surface area contributed by atoms with Crippen molar-refractivity contribution in [2.75, 3.05) is 25.6 Å². The molecule has 0 amide bonds. The summed E-state index contributed by atoms with van der Waals surface area (Å²) in [6.45, 7) is 2.72. The summed E-state index contributed by atoms with van der Waals surface area (Å²) in [6, 6.07) is 0.749. The molecule has 1 aliphatic heterocycles. The summed E-state index contributed by atoms with van der Waals surface area (Å²) in [5.41, 5.74) is 1.11.